The van der Waals surface area contributed by atoms with Crippen LogP contribution in [-0.2, 0) is 15.9 Å². The van der Waals surface area contributed by atoms with Gasteiger partial charge in [-0.2, -0.15) is 8.42 Å². The van der Waals surface area contributed by atoms with E-state index in [1.807, 2.05) is 0 Å². The fraction of sp³-hybridized carbons (Fsp3) is 0.231. The van der Waals surface area contributed by atoms with Crippen LogP contribution >= 0.6 is 11.6 Å². The smallest absolute Gasteiger partial charge is 0.297 e. The second kappa shape index (κ2) is 5.85. The third kappa shape index (κ3) is 2.81. The summed E-state index contributed by atoms with van der Waals surface area (Å²) in [6.07, 6.45) is 0. The molecule has 0 amide bonds. The molecule has 0 N–H and O–H groups in total. The molecule has 2 aromatic rings. The summed E-state index contributed by atoms with van der Waals surface area (Å²) in [6, 6.07) is 8.23. The lowest BCUT2D eigenvalue weighted by atomic mass is 10.3. The summed E-state index contributed by atoms with van der Waals surface area (Å²) in [5, 5.41) is -0.209. The van der Waals surface area contributed by atoms with Crippen molar-refractivity contribution in [3.05, 3.63) is 48.0 Å². The molecule has 7 heteroatoms. The minimum absolute atomic E-state index is 0.0849. The lowest BCUT2D eigenvalue weighted by Gasteiger charge is -2.21. The van der Waals surface area contributed by atoms with Gasteiger partial charge < -0.3 is 4.42 Å². The molecule has 0 saturated heterocycles. The van der Waals surface area contributed by atoms with Gasteiger partial charge in [0.05, 0.1) is 11.6 Å². The highest BCUT2D eigenvalue weighted by Gasteiger charge is 2.27. The zero-order valence-corrected chi connectivity index (χ0v) is 12.3. The Morgan fingerprint density at radius 3 is 2.60 bits per heavy atom. The summed E-state index contributed by atoms with van der Waals surface area (Å²) < 4.78 is 44.4. The van der Waals surface area contributed by atoms with Gasteiger partial charge in [0.2, 0.25) is 5.09 Å². The molecular weight excluding hydrogens is 305 g/mol. The normalized spacial score (nSPS) is 11.6. The second-order valence-corrected chi connectivity index (χ2v) is 6.06. The fourth-order valence-corrected chi connectivity index (χ4v) is 3.34. The van der Waals surface area contributed by atoms with E-state index >= 15 is 0 Å². The Hall–Kier alpha value is -1.53. The molecule has 0 saturated carbocycles. The molecule has 1 aromatic heterocycles. The van der Waals surface area contributed by atoms with Gasteiger partial charge in [-0.3, -0.25) is 4.31 Å². The van der Waals surface area contributed by atoms with Crippen LogP contribution < -0.4 is 4.31 Å². The average molecular weight is 318 g/mol. The number of halogens is 2. The number of nitrogens with zero attached hydrogens (tertiary/aromatic N) is 1. The van der Waals surface area contributed by atoms with Crippen molar-refractivity contribution in [1.82, 2.24) is 0 Å². The Morgan fingerprint density at radius 2 is 2.05 bits per heavy atom. The van der Waals surface area contributed by atoms with Crippen molar-refractivity contribution in [2.24, 2.45) is 0 Å². The molecule has 0 unspecified atom stereocenters. The molecule has 108 valence electrons. The molecule has 2 rings (SSSR count). The van der Waals surface area contributed by atoms with Crippen LogP contribution in [0, 0.1) is 5.82 Å². The Bertz CT molecular complexity index is 699. The SMILES string of the molecule is CCN(c1cccc(F)c1)S(=O)(=O)c1ccc(CCl)o1. The highest BCUT2D eigenvalue weighted by molar-refractivity contribution is 7.92. The molecule has 0 spiro atoms. The number of benzene rings is 1. The molecule has 0 fully saturated rings. The highest BCUT2D eigenvalue weighted by atomic mass is 35.5. The van der Waals surface area contributed by atoms with Crippen LogP contribution in [0.4, 0.5) is 10.1 Å². The van der Waals surface area contributed by atoms with Gasteiger partial charge in [-0.15, -0.1) is 11.6 Å². The lowest BCUT2D eigenvalue weighted by Crippen LogP contribution is -2.30. The summed E-state index contributed by atoms with van der Waals surface area (Å²) in [7, 11) is -3.87. The second-order valence-electron chi connectivity index (χ2n) is 4.00. The van der Waals surface area contributed by atoms with E-state index in [0.29, 0.717) is 5.76 Å². The molecule has 0 radical (unpaired) electrons. The summed E-state index contributed by atoms with van der Waals surface area (Å²) in [5.74, 6) is -0.0562. The van der Waals surface area contributed by atoms with Gasteiger partial charge in [-0.05, 0) is 37.3 Å². The van der Waals surface area contributed by atoms with Crippen LogP contribution in [0.15, 0.2) is 45.9 Å². The molecule has 0 aliphatic carbocycles. The van der Waals surface area contributed by atoms with Gasteiger partial charge in [-0.25, -0.2) is 4.39 Å². The first-order chi connectivity index (χ1) is 9.48. The summed E-state index contributed by atoms with van der Waals surface area (Å²) in [5.41, 5.74) is 0.247. The van der Waals surface area contributed by atoms with E-state index in [0.717, 1.165) is 10.4 Å². The molecule has 0 aliphatic rings. The van der Waals surface area contributed by atoms with E-state index < -0.39 is 15.8 Å². The van der Waals surface area contributed by atoms with E-state index in [1.54, 1.807) is 6.92 Å². The van der Waals surface area contributed by atoms with Crippen molar-refractivity contribution < 1.29 is 17.2 Å². The monoisotopic (exact) mass is 317 g/mol. The van der Waals surface area contributed by atoms with Gasteiger partial charge >= 0.3 is 0 Å². The zero-order valence-electron chi connectivity index (χ0n) is 10.7. The van der Waals surface area contributed by atoms with Crippen LogP contribution in [0.3, 0.4) is 0 Å². The summed E-state index contributed by atoms with van der Waals surface area (Å²) >= 11 is 5.59. The van der Waals surface area contributed by atoms with Crippen LogP contribution in [0.5, 0.6) is 0 Å². The number of alkyl halides is 1. The lowest BCUT2D eigenvalue weighted by molar-refractivity contribution is 0.424. The van der Waals surface area contributed by atoms with E-state index in [9.17, 15) is 12.8 Å². The van der Waals surface area contributed by atoms with Crippen molar-refractivity contribution in [1.29, 1.82) is 0 Å². The molecule has 0 aliphatic heterocycles. The first kappa shape index (κ1) is 14.9. The van der Waals surface area contributed by atoms with Gasteiger partial charge in [0, 0.05) is 6.54 Å². The maximum Gasteiger partial charge on any atom is 0.297 e. The molecular formula is C13H13ClFNO3S. The molecule has 4 nitrogen and oxygen atoms in total. The van der Waals surface area contributed by atoms with Crippen molar-refractivity contribution in [3.63, 3.8) is 0 Å². The van der Waals surface area contributed by atoms with Gasteiger partial charge in [0.15, 0.2) is 0 Å². The third-order valence-corrected chi connectivity index (χ3v) is 4.74. The topological polar surface area (TPSA) is 50.5 Å². The molecule has 0 bridgehead atoms. The van der Waals surface area contributed by atoms with Gasteiger partial charge in [0.25, 0.3) is 10.0 Å². The van der Waals surface area contributed by atoms with Crippen molar-refractivity contribution in [2.75, 3.05) is 10.8 Å². The Morgan fingerprint density at radius 1 is 1.30 bits per heavy atom. The summed E-state index contributed by atoms with van der Waals surface area (Å²) in [4.78, 5) is 0. The quantitative estimate of drug-likeness (QED) is 0.794. The van der Waals surface area contributed by atoms with E-state index in [1.165, 1.54) is 30.3 Å². The van der Waals surface area contributed by atoms with Crippen molar-refractivity contribution >= 4 is 27.3 Å². The largest absolute Gasteiger partial charge is 0.447 e. The van der Waals surface area contributed by atoms with E-state index in [-0.39, 0.29) is 23.2 Å². The van der Waals surface area contributed by atoms with Gasteiger partial charge in [-0.1, -0.05) is 6.07 Å². The molecule has 20 heavy (non-hydrogen) atoms. The molecule has 0 atom stereocenters. The number of anilines is 1. The number of hydrogen-bond acceptors (Lipinski definition) is 3. The van der Waals surface area contributed by atoms with Crippen LogP contribution in [0.1, 0.15) is 12.7 Å². The molecule has 1 aromatic carbocycles. The minimum atomic E-state index is -3.87. The first-order valence-electron chi connectivity index (χ1n) is 5.92. The Labute approximate surface area is 121 Å². The highest BCUT2D eigenvalue weighted by Crippen LogP contribution is 2.25. The van der Waals surface area contributed by atoms with E-state index in [4.69, 9.17) is 16.0 Å². The number of hydrogen-bond donors (Lipinski definition) is 0. The predicted molar refractivity (Wildman–Crippen MR) is 74.9 cm³/mol. The van der Waals surface area contributed by atoms with Crippen LogP contribution in [0.25, 0.3) is 0 Å². The number of rotatable bonds is 5. The number of sulfonamides is 1. The minimum Gasteiger partial charge on any atom is -0.447 e. The van der Waals surface area contributed by atoms with Gasteiger partial charge in [0.1, 0.15) is 11.6 Å². The van der Waals surface area contributed by atoms with Crippen LogP contribution in [-0.4, -0.2) is 15.0 Å². The van der Waals surface area contributed by atoms with E-state index in [2.05, 4.69) is 0 Å². The summed E-state index contributed by atoms with van der Waals surface area (Å²) in [6.45, 7) is 1.82. The fourth-order valence-electron chi connectivity index (χ4n) is 1.80. The standard InChI is InChI=1S/C13H13ClFNO3S/c1-2-16(11-5-3-4-10(15)8-11)20(17,18)13-7-6-12(9-14)19-13/h3-8H,2,9H2,1H3. The zero-order chi connectivity index (χ0) is 14.8. The third-order valence-electron chi connectivity index (χ3n) is 2.70. The predicted octanol–water partition coefficient (Wildman–Crippen LogP) is 3.37. The maximum atomic E-state index is 13.3. The average Bonchev–Trinajstić information content (AvgIpc) is 2.89. The number of furan rings is 1. The Balaban J connectivity index is 2.44. The first-order valence-corrected chi connectivity index (χ1v) is 7.89. The van der Waals surface area contributed by atoms with Crippen molar-refractivity contribution in [3.8, 4) is 0 Å². The maximum absolute atomic E-state index is 13.3. The van der Waals surface area contributed by atoms with Crippen molar-refractivity contribution in [2.45, 2.75) is 17.9 Å². The molecule has 1 heterocycles. The van der Waals surface area contributed by atoms with Crippen LogP contribution in [0.2, 0.25) is 0 Å². The Kier molecular flexibility index (Phi) is 4.35.